The van der Waals surface area contributed by atoms with E-state index in [-0.39, 0.29) is 0 Å². The lowest BCUT2D eigenvalue weighted by Crippen LogP contribution is -2.06. The highest BCUT2D eigenvalue weighted by Crippen LogP contribution is 2.39. The highest BCUT2D eigenvalue weighted by atomic mass is 16.1. The summed E-state index contributed by atoms with van der Waals surface area (Å²) in [5, 5.41) is 8.77. The summed E-state index contributed by atoms with van der Waals surface area (Å²) < 4.78 is 3.44. The van der Waals surface area contributed by atoms with Crippen molar-refractivity contribution in [3.63, 3.8) is 0 Å². The molecule has 1 aliphatic rings. The van der Waals surface area contributed by atoms with Crippen LogP contribution in [-0.2, 0) is 7.05 Å². The topological polar surface area (TPSA) is 52.7 Å². The summed E-state index contributed by atoms with van der Waals surface area (Å²) in [5.41, 5.74) is 2.46. The first-order valence-corrected chi connectivity index (χ1v) is 5.75. The Balaban J connectivity index is 2.09. The summed E-state index contributed by atoms with van der Waals surface area (Å²) in [6, 6.07) is 2.02. The Morgan fingerprint density at radius 2 is 2.18 bits per heavy atom. The van der Waals surface area contributed by atoms with Crippen LogP contribution in [0.4, 0.5) is 0 Å². The largest absolute Gasteiger partial charge is 0.298 e. The Labute approximate surface area is 99.0 Å². The molecule has 0 N–H and O–H groups in total. The molecule has 0 amide bonds. The van der Waals surface area contributed by atoms with Gasteiger partial charge in [0.25, 0.3) is 0 Å². The van der Waals surface area contributed by atoms with E-state index in [0.717, 1.165) is 23.5 Å². The average Bonchev–Trinajstić information content (AvgIpc) is 2.96. The van der Waals surface area contributed by atoms with Crippen LogP contribution in [0.15, 0.2) is 12.3 Å². The van der Waals surface area contributed by atoms with Gasteiger partial charge in [0.15, 0.2) is 12.1 Å². The summed E-state index contributed by atoms with van der Waals surface area (Å²) in [7, 11) is 1.83. The van der Waals surface area contributed by atoms with Gasteiger partial charge in [0.2, 0.25) is 0 Å². The van der Waals surface area contributed by atoms with Gasteiger partial charge in [-0.2, -0.15) is 10.2 Å². The van der Waals surface area contributed by atoms with Crippen LogP contribution in [0.2, 0.25) is 0 Å². The zero-order valence-electron chi connectivity index (χ0n) is 9.92. The van der Waals surface area contributed by atoms with Gasteiger partial charge in [0.1, 0.15) is 0 Å². The molecule has 1 fully saturated rings. The van der Waals surface area contributed by atoms with Crippen LogP contribution in [0.3, 0.4) is 0 Å². The first kappa shape index (κ1) is 10.3. The molecule has 17 heavy (non-hydrogen) atoms. The number of rotatable bonds is 3. The van der Waals surface area contributed by atoms with Gasteiger partial charge >= 0.3 is 0 Å². The van der Waals surface area contributed by atoms with Crippen LogP contribution < -0.4 is 0 Å². The summed E-state index contributed by atoms with van der Waals surface area (Å²) in [6.07, 6.45) is 5.19. The number of hydrogen-bond acceptors (Lipinski definition) is 3. The Morgan fingerprint density at radius 3 is 2.82 bits per heavy atom. The number of hydrogen-bond donors (Lipinski definition) is 0. The second-order valence-electron chi connectivity index (χ2n) is 4.52. The monoisotopic (exact) mass is 230 g/mol. The minimum atomic E-state index is 0.609. The molecule has 2 heterocycles. The maximum absolute atomic E-state index is 11.1. The number of carbonyl (C=O) groups excluding carboxylic acids is 1. The van der Waals surface area contributed by atoms with Gasteiger partial charge in [0, 0.05) is 19.2 Å². The smallest absolute Gasteiger partial charge is 0.162 e. The van der Waals surface area contributed by atoms with E-state index >= 15 is 0 Å². The molecule has 0 unspecified atom stereocenters. The second kappa shape index (κ2) is 3.55. The van der Waals surface area contributed by atoms with Crippen molar-refractivity contribution in [1.82, 2.24) is 19.6 Å². The number of nitrogens with zero attached hydrogens (tertiary/aromatic N) is 4. The fraction of sp³-hybridized carbons (Fsp3) is 0.417. The molecule has 2 aromatic rings. The van der Waals surface area contributed by atoms with Crippen molar-refractivity contribution in [3.05, 3.63) is 29.2 Å². The first-order chi connectivity index (χ1) is 8.20. The third-order valence-electron chi connectivity index (χ3n) is 3.18. The maximum atomic E-state index is 11.1. The standard InChI is InChI=1S/C12H14N4O/c1-8-10(7-17)12(15(2)13-8)16-6-5-11(14-16)9-3-4-9/h5-7,9H,3-4H2,1-2H3. The van der Waals surface area contributed by atoms with Crippen molar-refractivity contribution in [2.24, 2.45) is 7.05 Å². The normalized spacial score (nSPS) is 15.2. The average molecular weight is 230 g/mol. The maximum Gasteiger partial charge on any atom is 0.162 e. The van der Waals surface area contributed by atoms with E-state index in [1.54, 1.807) is 9.36 Å². The molecule has 0 spiro atoms. The lowest BCUT2D eigenvalue weighted by molar-refractivity contribution is 0.112. The number of aldehydes is 1. The van der Waals surface area contributed by atoms with Crippen molar-refractivity contribution < 1.29 is 4.79 Å². The SMILES string of the molecule is Cc1nn(C)c(-n2ccc(C3CC3)n2)c1C=O. The van der Waals surface area contributed by atoms with E-state index in [2.05, 4.69) is 10.2 Å². The lowest BCUT2D eigenvalue weighted by atomic mass is 10.3. The molecule has 0 saturated heterocycles. The Kier molecular flexibility index (Phi) is 2.14. The first-order valence-electron chi connectivity index (χ1n) is 5.75. The number of carbonyl (C=O) groups is 1. The van der Waals surface area contributed by atoms with Crippen LogP contribution in [0.25, 0.3) is 5.82 Å². The van der Waals surface area contributed by atoms with Crippen molar-refractivity contribution in [2.75, 3.05) is 0 Å². The van der Waals surface area contributed by atoms with Gasteiger partial charge < -0.3 is 0 Å². The van der Waals surface area contributed by atoms with Crippen LogP contribution in [0.1, 0.15) is 40.5 Å². The van der Waals surface area contributed by atoms with Crippen LogP contribution in [0, 0.1) is 6.92 Å². The van der Waals surface area contributed by atoms with Gasteiger partial charge in [-0.15, -0.1) is 0 Å². The van der Waals surface area contributed by atoms with Gasteiger partial charge in [-0.1, -0.05) is 0 Å². The van der Waals surface area contributed by atoms with E-state index in [1.165, 1.54) is 12.8 Å². The van der Waals surface area contributed by atoms with E-state index in [4.69, 9.17) is 0 Å². The number of aromatic nitrogens is 4. The van der Waals surface area contributed by atoms with Crippen LogP contribution in [-0.4, -0.2) is 25.8 Å². The molecule has 2 aromatic heterocycles. The third-order valence-corrected chi connectivity index (χ3v) is 3.18. The second-order valence-corrected chi connectivity index (χ2v) is 4.52. The van der Waals surface area contributed by atoms with Gasteiger partial charge in [0.05, 0.1) is 17.0 Å². The Hall–Kier alpha value is -1.91. The minimum absolute atomic E-state index is 0.609. The van der Waals surface area contributed by atoms with Crippen molar-refractivity contribution in [2.45, 2.75) is 25.7 Å². The molecule has 5 nitrogen and oxygen atoms in total. The quantitative estimate of drug-likeness (QED) is 0.753. The predicted molar refractivity (Wildman–Crippen MR) is 62.4 cm³/mol. The van der Waals surface area contributed by atoms with Gasteiger partial charge in [-0.3, -0.25) is 9.48 Å². The zero-order chi connectivity index (χ0) is 12.0. The Bertz CT molecular complexity index is 577. The molecule has 0 aliphatic heterocycles. The van der Waals surface area contributed by atoms with Crippen molar-refractivity contribution in [3.8, 4) is 5.82 Å². The molecule has 5 heteroatoms. The lowest BCUT2D eigenvalue weighted by Gasteiger charge is -2.02. The molecular formula is C12H14N4O. The van der Waals surface area contributed by atoms with E-state index in [1.807, 2.05) is 26.2 Å². The summed E-state index contributed by atoms with van der Waals surface area (Å²) in [4.78, 5) is 11.1. The highest BCUT2D eigenvalue weighted by Gasteiger charge is 2.26. The van der Waals surface area contributed by atoms with E-state index in [0.29, 0.717) is 11.5 Å². The van der Waals surface area contributed by atoms with E-state index in [9.17, 15) is 4.79 Å². The molecular weight excluding hydrogens is 216 g/mol. The number of aryl methyl sites for hydroxylation is 2. The molecule has 0 aromatic carbocycles. The van der Waals surface area contributed by atoms with Crippen LogP contribution >= 0.6 is 0 Å². The summed E-state index contributed by atoms with van der Waals surface area (Å²) in [6.45, 7) is 1.83. The van der Waals surface area contributed by atoms with Gasteiger partial charge in [-0.25, -0.2) is 4.68 Å². The summed E-state index contributed by atoms with van der Waals surface area (Å²) >= 11 is 0. The molecule has 1 saturated carbocycles. The fourth-order valence-corrected chi connectivity index (χ4v) is 2.12. The molecule has 3 rings (SSSR count). The van der Waals surface area contributed by atoms with Crippen molar-refractivity contribution >= 4 is 6.29 Å². The minimum Gasteiger partial charge on any atom is -0.298 e. The van der Waals surface area contributed by atoms with Gasteiger partial charge in [-0.05, 0) is 25.8 Å². The van der Waals surface area contributed by atoms with Crippen LogP contribution in [0.5, 0.6) is 0 Å². The molecule has 0 bridgehead atoms. The molecule has 0 radical (unpaired) electrons. The summed E-state index contributed by atoms with van der Waals surface area (Å²) in [5.74, 6) is 1.36. The molecule has 0 atom stereocenters. The molecule has 88 valence electrons. The van der Waals surface area contributed by atoms with Crippen molar-refractivity contribution in [1.29, 1.82) is 0 Å². The Morgan fingerprint density at radius 1 is 1.41 bits per heavy atom. The third kappa shape index (κ3) is 1.58. The highest BCUT2D eigenvalue weighted by molar-refractivity contribution is 5.81. The fourth-order valence-electron chi connectivity index (χ4n) is 2.12. The molecule has 1 aliphatic carbocycles. The zero-order valence-corrected chi connectivity index (χ0v) is 9.92. The predicted octanol–water partition coefficient (Wildman–Crippen LogP) is 1.60. The van der Waals surface area contributed by atoms with E-state index < -0.39 is 0 Å².